The molecule has 9 nitrogen and oxygen atoms in total. The van der Waals surface area contributed by atoms with E-state index in [9.17, 15) is 19.8 Å². The summed E-state index contributed by atoms with van der Waals surface area (Å²) in [5.41, 5.74) is 12.0. The van der Waals surface area contributed by atoms with Gasteiger partial charge in [0.05, 0.1) is 12.8 Å². The Kier molecular flexibility index (Phi) is 10.8. The summed E-state index contributed by atoms with van der Waals surface area (Å²) in [5, 5.41) is 20.9. The third kappa shape index (κ3) is 10.2. The standard InChI is InChI=1S/C25H35N3O6/c1-17(2)28(13-20(29)15-33-22-7-3-18(4-8-22)11-24(26)31)14-21(30)16-34-23-9-5-19(6-10-23)12-25(27)32/h3-10,17,20-21,29-30H,11-16H2,1-2H3,(H2,26,31)(H2,27,32)/t20-,21-/m0/s1. The number of carbonyl (C=O) groups is 2. The highest BCUT2D eigenvalue weighted by Gasteiger charge is 2.19. The molecular formula is C25H35N3O6. The lowest BCUT2D eigenvalue weighted by molar-refractivity contribution is -0.118. The van der Waals surface area contributed by atoms with Crippen LogP contribution in [-0.2, 0) is 22.4 Å². The number of primary amides is 2. The Morgan fingerprint density at radius 2 is 1.12 bits per heavy atom. The Morgan fingerprint density at radius 3 is 1.41 bits per heavy atom. The maximum absolute atomic E-state index is 11.0. The van der Waals surface area contributed by atoms with Gasteiger partial charge in [-0.2, -0.15) is 0 Å². The Balaban J connectivity index is 1.77. The molecule has 0 aromatic heterocycles. The zero-order chi connectivity index (χ0) is 25.1. The van der Waals surface area contributed by atoms with Crippen LogP contribution in [0.4, 0.5) is 0 Å². The summed E-state index contributed by atoms with van der Waals surface area (Å²) in [5.74, 6) is 0.365. The number of rotatable bonds is 15. The number of nitrogens with two attached hydrogens (primary N) is 2. The molecule has 9 heteroatoms. The van der Waals surface area contributed by atoms with Crippen LogP contribution >= 0.6 is 0 Å². The molecule has 0 saturated carbocycles. The van der Waals surface area contributed by atoms with Crippen LogP contribution in [0.15, 0.2) is 48.5 Å². The first-order chi connectivity index (χ1) is 16.1. The Morgan fingerprint density at radius 1 is 0.765 bits per heavy atom. The van der Waals surface area contributed by atoms with Crippen molar-refractivity contribution in [2.45, 2.75) is 44.9 Å². The van der Waals surface area contributed by atoms with Gasteiger partial charge < -0.3 is 31.2 Å². The van der Waals surface area contributed by atoms with Gasteiger partial charge in [0.1, 0.15) is 36.9 Å². The van der Waals surface area contributed by atoms with Crippen LogP contribution in [-0.4, -0.2) is 71.5 Å². The number of amides is 2. The van der Waals surface area contributed by atoms with Crippen molar-refractivity contribution in [3.63, 3.8) is 0 Å². The van der Waals surface area contributed by atoms with Crippen molar-refractivity contribution >= 4 is 11.8 Å². The second-order valence-electron chi connectivity index (χ2n) is 8.55. The van der Waals surface area contributed by atoms with Gasteiger partial charge in [0, 0.05) is 19.1 Å². The third-order valence-corrected chi connectivity index (χ3v) is 5.11. The smallest absolute Gasteiger partial charge is 0.221 e. The van der Waals surface area contributed by atoms with E-state index < -0.39 is 24.0 Å². The first-order valence-corrected chi connectivity index (χ1v) is 11.2. The number of hydrogen-bond acceptors (Lipinski definition) is 7. The molecule has 2 rings (SSSR count). The van der Waals surface area contributed by atoms with E-state index in [0.29, 0.717) is 24.6 Å². The van der Waals surface area contributed by atoms with Crippen LogP contribution in [0.2, 0.25) is 0 Å². The number of ether oxygens (including phenoxy) is 2. The molecule has 0 fully saturated rings. The average molecular weight is 474 g/mol. The van der Waals surface area contributed by atoms with Gasteiger partial charge in [-0.3, -0.25) is 14.5 Å². The first kappa shape index (κ1) is 27.1. The fourth-order valence-electron chi connectivity index (χ4n) is 3.34. The van der Waals surface area contributed by atoms with Gasteiger partial charge in [-0.15, -0.1) is 0 Å². The van der Waals surface area contributed by atoms with Crippen molar-refractivity contribution < 1.29 is 29.3 Å². The Hall–Kier alpha value is -3.14. The topological polar surface area (TPSA) is 148 Å². The molecule has 0 spiro atoms. The highest BCUT2D eigenvalue weighted by atomic mass is 16.5. The summed E-state index contributed by atoms with van der Waals surface area (Å²) in [6, 6.07) is 14.0. The van der Waals surface area contributed by atoms with Gasteiger partial charge in [-0.25, -0.2) is 0 Å². The van der Waals surface area contributed by atoms with Gasteiger partial charge in [0.2, 0.25) is 11.8 Å². The molecule has 0 saturated heterocycles. The minimum atomic E-state index is -0.765. The average Bonchev–Trinajstić information content (AvgIpc) is 2.77. The van der Waals surface area contributed by atoms with Gasteiger partial charge >= 0.3 is 0 Å². The van der Waals surface area contributed by atoms with Crippen molar-refractivity contribution in [1.82, 2.24) is 4.90 Å². The molecule has 2 aromatic carbocycles. The molecule has 0 unspecified atom stereocenters. The van der Waals surface area contributed by atoms with E-state index in [0.717, 1.165) is 11.1 Å². The van der Waals surface area contributed by atoms with E-state index in [1.165, 1.54) is 0 Å². The fourth-order valence-corrected chi connectivity index (χ4v) is 3.34. The Labute approximate surface area is 200 Å². The van der Waals surface area contributed by atoms with Crippen LogP contribution in [0, 0.1) is 0 Å². The largest absolute Gasteiger partial charge is 0.491 e. The second-order valence-corrected chi connectivity index (χ2v) is 8.55. The maximum Gasteiger partial charge on any atom is 0.221 e. The van der Waals surface area contributed by atoms with Crippen LogP contribution < -0.4 is 20.9 Å². The normalized spacial score (nSPS) is 13.0. The predicted molar refractivity (Wildman–Crippen MR) is 128 cm³/mol. The number of benzene rings is 2. The van der Waals surface area contributed by atoms with E-state index >= 15 is 0 Å². The lowest BCUT2D eigenvalue weighted by Crippen LogP contribution is -2.45. The highest BCUT2D eigenvalue weighted by molar-refractivity contribution is 5.77. The molecule has 0 heterocycles. The molecular weight excluding hydrogens is 438 g/mol. The first-order valence-electron chi connectivity index (χ1n) is 11.2. The molecule has 2 aromatic rings. The molecule has 34 heavy (non-hydrogen) atoms. The second kappa shape index (κ2) is 13.5. The molecule has 186 valence electrons. The van der Waals surface area contributed by atoms with Crippen molar-refractivity contribution in [3.8, 4) is 11.5 Å². The molecule has 0 bridgehead atoms. The fraction of sp³-hybridized carbons (Fsp3) is 0.440. The lowest BCUT2D eigenvalue weighted by Gasteiger charge is -2.30. The SMILES string of the molecule is CC(C)N(C[C@H](O)COc1ccc(CC(N)=O)cc1)C[C@H](O)COc1ccc(CC(N)=O)cc1. The van der Waals surface area contributed by atoms with Crippen molar-refractivity contribution in [1.29, 1.82) is 0 Å². The third-order valence-electron chi connectivity index (χ3n) is 5.11. The predicted octanol–water partition coefficient (Wildman–Crippen LogP) is 0.632. The quantitative estimate of drug-likeness (QED) is 0.296. The summed E-state index contributed by atoms with van der Waals surface area (Å²) in [7, 11) is 0. The summed E-state index contributed by atoms with van der Waals surface area (Å²) < 4.78 is 11.3. The van der Waals surface area contributed by atoms with E-state index in [-0.39, 0.29) is 32.1 Å². The van der Waals surface area contributed by atoms with Crippen molar-refractivity contribution in [2.24, 2.45) is 11.5 Å². The number of aliphatic hydroxyl groups is 2. The van der Waals surface area contributed by atoms with Crippen LogP contribution in [0.1, 0.15) is 25.0 Å². The molecule has 2 amide bonds. The number of carbonyl (C=O) groups excluding carboxylic acids is 2. The summed E-state index contributed by atoms with van der Waals surface area (Å²) in [4.78, 5) is 23.9. The molecule has 0 aliphatic carbocycles. The van der Waals surface area contributed by atoms with Crippen molar-refractivity contribution in [3.05, 3.63) is 59.7 Å². The highest BCUT2D eigenvalue weighted by Crippen LogP contribution is 2.15. The lowest BCUT2D eigenvalue weighted by atomic mass is 10.1. The van der Waals surface area contributed by atoms with Gasteiger partial charge in [-0.1, -0.05) is 24.3 Å². The molecule has 6 N–H and O–H groups in total. The minimum absolute atomic E-state index is 0.0859. The maximum atomic E-state index is 11.0. The zero-order valence-corrected chi connectivity index (χ0v) is 19.7. The van der Waals surface area contributed by atoms with E-state index in [2.05, 4.69) is 0 Å². The van der Waals surface area contributed by atoms with Gasteiger partial charge in [-0.05, 0) is 49.2 Å². The van der Waals surface area contributed by atoms with Gasteiger partial charge in [0.25, 0.3) is 0 Å². The molecule has 0 aliphatic heterocycles. The summed E-state index contributed by atoms with van der Waals surface area (Å²) in [6.45, 7) is 4.77. The number of nitrogens with zero attached hydrogens (tertiary/aromatic N) is 1. The zero-order valence-electron chi connectivity index (χ0n) is 19.7. The van der Waals surface area contributed by atoms with E-state index in [1.807, 2.05) is 18.7 Å². The number of aliphatic hydroxyl groups excluding tert-OH is 2. The van der Waals surface area contributed by atoms with Crippen molar-refractivity contribution in [2.75, 3.05) is 26.3 Å². The monoisotopic (exact) mass is 473 g/mol. The van der Waals surface area contributed by atoms with E-state index in [4.69, 9.17) is 20.9 Å². The Bertz CT molecular complexity index is 830. The van der Waals surface area contributed by atoms with Gasteiger partial charge in [0.15, 0.2) is 0 Å². The summed E-state index contributed by atoms with van der Waals surface area (Å²) >= 11 is 0. The summed E-state index contributed by atoms with van der Waals surface area (Å²) in [6.07, 6.45) is -1.20. The molecule has 0 radical (unpaired) electrons. The van der Waals surface area contributed by atoms with Crippen LogP contribution in [0.3, 0.4) is 0 Å². The molecule has 2 atom stereocenters. The number of hydrogen-bond donors (Lipinski definition) is 4. The van der Waals surface area contributed by atoms with Crippen LogP contribution in [0.25, 0.3) is 0 Å². The molecule has 0 aliphatic rings. The minimum Gasteiger partial charge on any atom is -0.491 e. The van der Waals surface area contributed by atoms with Crippen LogP contribution in [0.5, 0.6) is 11.5 Å². The van der Waals surface area contributed by atoms with E-state index in [1.54, 1.807) is 48.5 Å².